The van der Waals surface area contributed by atoms with Crippen molar-refractivity contribution in [1.82, 2.24) is 14.9 Å². The third-order valence-electron chi connectivity index (χ3n) is 3.09. The van der Waals surface area contributed by atoms with E-state index in [4.69, 9.17) is 5.11 Å². The molecule has 1 aromatic rings. The minimum absolute atomic E-state index is 0.0542. The normalized spacial score (nSPS) is 10.6. The SMILES string of the molecule is CCC(CC)N(CCO)C(=O)c1cncc(NC)n1. The van der Waals surface area contributed by atoms with Crippen LogP contribution >= 0.6 is 0 Å². The highest BCUT2D eigenvalue weighted by Gasteiger charge is 2.23. The van der Waals surface area contributed by atoms with Crippen molar-refractivity contribution in [3.05, 3.63) is 18.1 Å². The van der Waals surface area contributed by atoms with Gasteiger partial charge in [-0.2, -0.15) is 0 Å². The number of nitrogens with one attached hydrogen (secondary N) is 1. The van der Waals surface area contributed by atoms with E-state index in [9.17, 15) is 4.79 Å². The molecule has 2 N–H and O–H groups in total. The van der Waals surface area contributed by atoms with Crippen LogP contribution in [0.1, 0.15) is 37.2 Å². The number of anilines is 1. The summed E-state index contributed by atoms with van der Waals surface area (Å²) < 4.78 is 0. The zero-order valence-electron chi connectivity index (χ0n) is 11.8. The first kappa shape index (κ1) is 15.4. The first-order valence-corrected chi connectivity index (χ1v) is 6.59. The Morgan fingerprint density at radius 2 is 2.11 bits per heavy atom. The molecule has 1 heterocycles. The van der Waals surface area contributed by atoms with Crippen LogP contribution in [-0.2, 0) is 0 Å². The Balaban J connectivity index is 2.97. The lowest BCUT2D eigenvalue weighted by molar-refractivity contribution is 0.0616. The average Bonchev–Trinajstić information content (AvgIpc) is 2.47. The highest BCUT2D eigenvalue weighted by molar-refractivity contribution is 5.92. The number of aromatic nitrogens is 2. The van der Waals surface area contributed by atoms with Gasteiger partial charge in [0.05, 0.1) is 19.0 Å². The molecule has 0 spiro atoms. The second-order valence-electron chi connectivity index (χ2n) is 4.23. The quantitative estimate of drug-likeness (QED) is 0.774. The number of aliphatic hydroxyl groups excluding tert-OH is 1. The average molecular weight is 266 g/mol. The molecule has 0 aliphatic carbocycles. The summed E-state index contributed by atoms with van der Waals surface area (Å²) in [6, 6.07) is 0.111. The van der Waals surface area contributed by atoms with Crippen molar-refractivity contribution in [1.29, 1.82) is 0 Å². The van der Waals surface area contributed by atoms with Gasteiger partial charge in [-0.3, -0.25) is 9.78 Å². The topological polar surface area (TPSA) is 78.3 Å². The molecule has 0 radical (unpaired) electrons. The van der Waals surface area contributed by atoms with Crippen LogP contribution in [0.4, 0.5) is 5.82 Å². The summed E-state index contributed by atoms with van der Waals surface area (Å²) in [5.74, 6) is 0.367. The fourth-order valence-electron chi connectivity index (χ4n) is 2.02. The van der Waals surface area contributed by atoms with Crippen molar-refractivity contribution in [3.8, 4) is 0 Å². The molecule has 0 aromatic carbocycles. The van der Waals surface area contributed by atoms with E-state index in [1.807, 2.05) is 13.8 Å². The lowest BCUT2D eigenvalue weighted by atomic mass is 10.1. The van der Waals surface area contributed by atoms with Crippen molar-refractivity contribution in [2.45, 2.75) is 32.7 Å². The molecule has 0 fully saturated rings. The molecule has 0 unspecified atom stereocenters. The van der Waals surface area contributed by atoms with Crippen LogP contribution in [0.5, 0.6) is 0 Å². The summed E-state index contributed by atoms with van der Waals surface area (Å²) in [7, 11) is 1.73. The molecule has 0 aliphatic heterocycles. The molecule has 1 aromatic heterocycles. The van der Waals surface area contributed by atoms with E-state index in [1.165, 1.54) is 6.20 Å². The van der Waals surface area contributed by atoms with Gasteiger partial charge >= 0.3 is 0 Å². The second-order valence-corrected chi connectivity index (χ2v) is 4.23. The van der Waals surface area contributed by atoms with Gasteiger partial charge in [0.2, 0.25) is 0 Å². The predicted octanol–water partition coefficient (Wildman–Crippen LogP) is 1.14. The maximum Gasteiger partial charge on any atom is 0.274 e. The van der Waals surface area contributed by atoms with Crippen LogP contribution in [0.25, 0.3) is 0 Å². The van der Waals surface area contributed by atoms with Crippen molar-refractivity contribution < 1.29 is 9.90 Å². The minimum Gasteiger partial charge on any atom is -0.395 e. The van der Waals surface area contributed by atoms with Gasteiger partial charge < -0.3 is 15.3 Å². The molecule has 106 valence electrons. The van der Waals surface area contributed by atoms with Gasteiger partial charge in [0.25, 0.3) is 5.91 Å². The third kappa shape index (κ3) is 3.89. The number of carbonyl (C=O) groups excluding carboxylic acids is 1. The molecule has 1 rings (SSSR count). The molecule has 0 aliphatic rings. The van der Waals surface area contributed by atoms with Crippen LogP contribution in [-0.4, -0.2) is 52.1 Å². The van der Waals surface area contributed by atoms with Crippen molar-refractivity contribution in [2.75, 3.05) is 25.5 Å². The highest BCUT2D eigenvalue weighted by Crippen LogP contribution is 2.13. The smallest absolute Gasteiger partial charge is 0.274 e. The molecule has 0 atom stereocenters. The number of amides is 1. The van der Waals surface area contributed by atoms with Crippen molar-refractivity contribution in [3.63, 3.8) is 0 Å². The number of nitrogens with zero attached hydrogens (tertiary/aromatic N) is 3. The predicted molar refractivity (Wildman–Crippen MR) is 74.1 cm³/mol. The molecule has 6 nitrogen and oxygen atoms in total. The van der Waals surface area contributed by atoms with Gasteiger partial charge in [0.15, 0.2) is 0 Å². The number of hydrogen-bond acceptors (Lipinski definition) is 5. The van der Waals surface area contributed by atoms with Gasteiger partial charge in [-0.05, 0) is 12.8 Å². The Morgan fingerprint density at radius 3 is 2.63 bits per heavy atom. The van der Waals surface area contributed by atoms with E-state index in [-0.39, 0.29) is 18.6 Å². The van der Waals surface area contributed by atoms with Crippen molar-refractivity contribution in [2.24, 2.45) is 0 Å². The van der Waals surface area contributed by atoms with Crippen LogP contribution in [0.3, 0.4) is 0 Å². The highest BCUT2D eigenvalue weighted by atomic mass is 16.3. The summed E-state index contributed by atoms with van der Waals surface area (Å²) in [5.41, 5.74) is 0.298. The van der Waals surface area contributed by atoms with E-state index in [2.05, 4.69) is 15.3 Å². The van der Waals surface area contributed by atoms with Crippen LogP contribution in [0.15, 0.2) is 12.4 Å². The lowest BCUT2D eigenvalue weighted by Crippen LogP contribution is -2.42. The van der Waals surface area contributed by atoms with E-state index in [0.29, 0.717) is 18.1 Å². The second kappa shape index (κ2) is 7.68. The van der Waals surface area contributed by atoms with E-state index < -0.39 is 0 Å². The van der Waals surface area contributed by atoms with E-state index >= 15 is 0 Å². The Hall–Kier alpha value is -1.69. The Kier molecular flexibility index (Phi) is 6.21. The Bertz CT molecular complexity index is 407. The van der Waals surface area contributed by atoms with Gasteiger partial charge in [-0.1, -0.05) is 13.8 Å². The van der Waals surface area contributed by atoms with Crippen molar-refractivity contribution >= 4 is 11.7 Å². The summed E-state index contributed by atoms with van der Waals surface area (Å²) in [4.78, 5) is 22.3. The standard InChI is InChI=1S/C13H22N4O2/c1-4-10(5-2)17(6-7-18)13(19)11-8-15-9-12(14-3)16-11/h8-10,18H,4-7H2,1-3H3,(H,14,16). The zero-order chi connectivity index (χ0) is 14.3. The van der Waals surface area contributed by atoms with E-state index in [0.717, 1.165) is 12.8 Å². The largest absolute Gasteiger partial charge is 0.395 e. The first-order chi connectivity index (χ1) is 9.17. The summed E-state index contributed by atoms with van der Waals surface area (Å²) >= 11 is 0. The molecule has 0 saturated carbocycles. The number of hydrogen-bond donors (Lipinski definition) is 2. The molecular formula is C13H22N4O2. The number of aliphatic hydroxyl groups is 1. The Labute approximate surface area is 113 Å². The first-order valence-electron chi connectivity index (χ1n) is 6.59. The zero-order valence-corrected chi connectivity index (χ0v) is 11.8. The van der Waals surface area contributed by atoms with Gasteiger partial charge in [0.1, 0.15) is 11.5 Å². The van der Waals surface area contributed by atoms with Gasteiger partial charge in [0, 0.05) is 19.6 Å². The van der Waals surface area contributed by atoms with Gasteiger partial charge in [-0.25, -0.2) is 4.98 Å². The molecule has 19 heavy (non-hydrogen) atoms. The minimum atomic E-state index is -0.188. The van der Waals surface area contributed by atoms with Gasteiger partial charge in [-0.15, -0.1) is 0 Å². The maximum atomic E-state index is 12.4. The molecule has 0 saturated heterocycles. The molecular weight excluding hydrogens is 244 g/mol. The molecule has 6 heteroatoms. The molecule has 1 amide bonds. The molecule has 0 bridgehead atoms. The fourth-order valence-corrected chi connectivity index (χ4v) is 2.02. The summed E-state index contributed by atoms with van der Waals surface area (Å²) in [5, 5.41) is 12.0. The van der Waals surface area contributed by atoms with Crippen LogP contribution in [0, 0.1) is 0 Å². The number of rotatable bonds is 7. The maximum absolute atomic E-state index is 12.4. The monoisotopic (exact) mass is 266 g/mol. The summed E-state index contributed by atoms with van der Waals surface area (Å²) in [6.07, 6.45) is 4.71. The number of carbonyl (C=O) groups is 1. The van der Waals surface area contributed by atoms with E-state index in [1.54, 1.807) is 18.1 Å². The van der Waals surface area contributed by atoms with Crippen LogP contribution in [0.2, 0.25) is 0 Å². The Morgan fingerprint density at radius 1 is 1.42 bits per heavy atom. The summed E-state index contributed by atoms with van der Waals surface area (Å²) in [6.45, 7) is 4.32. The lowest BCUT2D eigenvalue weighted by Gasteiger charge is -2.29. The van der Waals surface area contributed by atoms with Crippen LogP contribution < -0.4 is 5.32 Å². The fraction of sp³-hybridized carbons (Fsp3) is 0.615. The third-order valence-corrected chi connectivity index (χ3v) is 3.09.